The van der Waals surface area contributed by atoms with Gasteiger partial charge in [-0.05, 0) is 42.5 Å². The molecule has 1 saturated heterocycles. The van der Waals surface area contributed by atoms with Crippen LogP contribution >= 0.6 is 0 Å². The highest BCUT2D eigenvalue weighted by atomic mass is 16.5. The predicted molar refractivity (Wildman–Crippen MR) is 106 cm³/mol. The second kappa shape index (κ2) is 8.43. The molecule has 0 aromatic heterocycles. The minimum atomic E-state index is -1.11. The molecule has 2 N–H and O–H groups in total. The van der Waals surface area contributed by atoms with Crippen molar-refractivity contribution in [3.05, 3.63) is 54.1 Å². The lowest BCUT2D eigenvalue weighted by molar-refractivity contribution is -0.140. The van der Waals surface area contributed by atoms with Crippen molar-refractivity contribution in [1.29, 1.82) is 0 Å². The lowest BCUT2D eigenvalue weighted by Crippen LogP contribution is -2.39. The summed E-state index contributed by atoms with van der Waals surface area (Å²) in [5.74, 6) is -2.68. The Balaban J connectivity index is 1.72. The van der Waals surface area contributed by atoms with Crippen LogP contribution < -0.4 is 20.3 Å². The molecular weight excluding hydrogens is 392 g/mol. The van der Waals surface area contributed by atoms with Crippen LogP contribution in [0.2, 0.25) is 0 Å². The Morgan fingerprint density at radius 1 is 1.00 bits per heavy atom. The van der Waals surface area contributed by atoms with Gasteiger partial charge in [0.2, 0.25) is 5.91 Å². The highest BCUT2D eigenvalue weighted by Gasteiger charge is 2.46. The molecule has 0 unspecified atom stereocenters. The number of nitrogens with one attached hydrogen (secondary N) is 2. The summed E-state index contributed by atoms with van der Waals surface area (Å²) in [5.41, 5.74) is 0.809. The van der Waals surface area contributed by atoms with Crippen LogP contribution in [0, 0.1) is 0 Å². The molecule has 0 aliphatic carbocycles. The van der Waals surface area contributed by atoms with E-state index in [1.54, 1.807) is 18.2 Å². The van der Waals surface area contributed by atoms with Gasteiger partial charge in [-0.15, -0.1) is 0 Å². The van der Waals surface area contributed by atoms with Crippen LogP contribution in [0.3, 0.4) is 0 Å². The molecule has 2 aromatic carbocycles. The van der Waals surface area contributed by atoms with Crippen molar-refractivity contribution in [1.82, 2.24) is 10.2 Å². The van der Waals surface area contributed by atoms with Crippen molar-refractivity contribution in [2.75, 3.05) is 30.9 Å². The van der Waals surface area contributed by atoms with Crippen LogP contribution in [0.5, 0.6) is 5.75 Å². The standard InChI is InChI=1S/C20H18N4O6/c1-21-17(26)12-4-3-5-13(10-12)22-16(25)11-23-18(27)19(28)24(20(23)29)14-6-8-15(30-2)9-7-14/h3-10H,11H2,1-2H3,(H,21,26)(H,22,25). The van der Waals surface area contributed by atoms with Crippen molar-refractivity contribution >= 4 is 41.0 Å². The molecule has 10 heteroatoms. The maximum Gasteiger partial charge on any atom is 0.339 e. The molecule has 1 heterocycles. The SMILES string of the molecule is CNC(=O)c1cccc(NC(=O)CN2C(=O)C(=O)N(c3ccc(OC)cc3)C2=O)c1. The van der Waals surface area contributed by atoms with Gasteiger partial charge < -0.3 is 15.4 Å². The van der Waals surface area contributed by atoms with Gasteiger partial charge in [-0.2, -0.15) is 0 Å². The number of nitrogens with zero attached hydrogens (tertiary/aromatic N) is 2. The van der Waals surface area contributed by atoms with E-state index >= 15 is 0 Å². The first-order valence-corrected chi connectivity index (χ1v) is 8.81. The second-order valence-corrected chi connectivity index (χ2v) is 6.22. The predicted octanol–water partition coefficient (Wildman–Crippen LogP) is 0.989. The monoisotopic (exact) mass is 410 g/mol. The number of benzene rings is 2. The van der Waals surface area contributed by atoms with Gasteiger partial charge >= 0.3 is 17.8 Å². The summed E-state index contributed by atoms with van der Waals surface area (Å²) in [4.78, 5) is 62.4. The van der Waals surface area contributed by atoms with Crippen LogP contribution in [-0.4, -0.2) is 55.3 Å². The summed E-state index contributed by atoms with van der Waals surface area (Å²) < 4.78 is 5.02. The molecule has 1 aliphatic rings. The van der Waals surface area contributed by atoms with Crippen LogP contribution in [0.25, 0.3) is 0 Å². The number of amides is 6. The molecule has 2 aromatic rings. The van der Waals surface area contributed by atoms with Gasteiger partial charge in [0.25, 0.3) is 5.91 Å². The third kappa shape index (κ3) is 3.97. The van der Waals surface area contributed by atoms with E-state index in [0.29, 0.717) is 26.8 Å². The number of rotatable bonds is 6. The molecule has 0 spiro atoms. The molecule has 1 fully saturated rings. The quantitative estimate of drug-likeness (QED) is 0.540. The van der Waals surface area contributed by atoms with Crippen molar-refractivity contribution in [2.45, 2.75) is 0 Å². The fourth-order valence-corrected chi connectivity index (χ4v) is 2.83. The smallest absolute Gasteiger partial charge is 0.339 e. The molecule has 3 rings (SSSR count). The number of carbonyl (C=O) groups excluding carboxylic acids is 5. The Labute approximate surface area is 171 Å². The average Bonchev–Trinajstić information content (AvgIpc) is 2.96. The fourth-order valence-electron chi connectivity index (χ4n) is 2.83. The van der Waals surface area contributed by atoms with E-state index in [-0.39, 0.29) is 11.6 Å². The Morgan fingerprint density at radius 3 is 2.33 bits per heavy atom. The number of carbonyl (C=O) groups is 5. The Kier molecular flexibility index (Phi) is 5.77. The van der Waals surface area contributed by atoms with Gasteiger partial charge in [0, 0.05) is 18.3 Å². The minimum absolute atomic E-state index is 0.181. The molecule has 0 bridgehead atoms. The lowest BCUT2D eigenvalue weighted by atomic mass is 10.2. The first kappa shape index (κ1) is 20.5. The summed E-state index contributed by atoms with van der Waals surface area (Å²) in [7, 11) is 2.94. The zero-order chi connectivity index (χ0) is 21.8. The molecule has 0 radical (unpaired) electrons. The largest absolute Gasteiger partial charge is 0.497 e. The maximum atomic E-state index is 12.6. The molecule has 0 saturated carbocycles. The van der Waals surface area contributed by atoms with Gasteiger partial charge in [0.15, 0.2) is 0 Å². The molecule has 6 amide bonds. The van der Waals surface area contributed by atoms with Crippen molar-refractivity contribution in [3.8, 4) is 5.75 Å². The number of hydrogen-bond acceptors (Lipinski definition) is 6. The van der Waals surface area contributed by atoms with Gasteiger partial charge in [-0.3, -0.25) is 19.2 Å². The van der Waals surface area contributed by atoms with Crippen LogP contribution in [-0.2, 0) is 14.4 Å². The molecule has 154 valence electrons. The Bertz CT molecular complexity index is 1030. The van der Waals surface area contributed by atoms with Crippen LogP contribution in [0.4, 0.5) is 16.2 Å². The average molecular weight is 410 g/mol. The fraction of sp³-hybridized carbons (Fsp3) is 0.150. The van der Waals surface area contributed by atoms with Gasteiger partial charge in [0.1, 0.15) is 12.3 Å². The number of imide groups is 2. The number of methoxy groups -OCH3 is 1. The number of anilines is 2. The van der Waals surface area contributed by atoms with Gasteiger partial charge in [-0.1, -0.05) is 6.07 Å². The first-order valence-electron chi connectivity index (χ1n) is 8.81. The first-order chi connectivity index (χ1) is 14.3. The summed E-state index contributed by atoms with van der Waals surface area (Å²) >= 11 is 0. The molecular formula is C20H18N4O6. The normalized spacial score (nSPS) is 13.5. The van der Waals surface area contributed by atoms with Gasteiger partial charge in [0.05, 0.1) is 12.8 Å². The zero-order valence-corrected chi connectivity index (χ0v) is 16.2. The molecule has 30 heavy (non-hydrogen) atoms. The third-order valence-electron chi connectivity index (χ3n) is 4.32. The molecule has 10 nitrogen and oxygen atoms in total. The summed E-state index contributed by atoms with van der Waals surface area (Å²) in [6.07, 6.45) is 0. The van der Waals surface area contributed by atoms with E-state index in [1.807, 2.05) is 0 Å². The maximum absolute atomic E-state index is 12.6. The van der Waals surface area contributed by atoms with Crippen LogP contribution in [0.15, 0.2) is 48.5 Å². The second-order valence-electron chi connectivity index (χ2n) is 6.22. The lowest BCUT2D eigenvalue weighted by Gasteiger charge is -2.15. The van der Waals surface area contributed by atoms with Crippen molar-refractivity contribution in [3.63, 3.8) is 0 Å². The van der Waals surface area contributed by atoms with Crippen molar-refractivity contribution in [2.24, 2.45) is 0 Å². The van der Waals surface area contributed by atoms with E-state index in [4.69, 9.17) is 4.74 Å². The molecule has 0 atom stereocenters. The summed E-state index contributed by atoms with van der Waals surface area (Å²) in [5, 5.41) is 4.97. The van der Waals surface area contributed by atoms with E-state index in [1.165, 1.54) is 44.5 Å². The topological polar surface area (TPSA) is 125 Å². The highest BCUT2D eigenvalue weighted by molar-refractivity contribution is 6.53. The highest BCUT2D eigenvalue weighted by Crippen LogP contribution is 2.24. The summed E-state index contributed by atoms with van der Waals surface area (Å²) in [6, 6.07) is 11.2. The molecule has 1 aliphatic heterocycles. The van der Waals surface area contributed by atoms with E-state index < -0.39 is 30.3 Å². The van der Waals surface area contributed by atoms with Crippen LogP contribution in [0.1, 0.15) is 10.4 Å². The number of hydrogen-bond donors (Lipinski definition) is 2. The number of urea groups is 1. The van der Waals surface area contributed by atoms with Crippen molar-refractivity contribution < 1.29 is 28.7 Å². The van der Waals surface area contributed by atoms with Gasteiger partial charge in [-0.25, -0.2) is 14.6 Å². The van der Waals surface area contributed by atoms with E-state index in [0.717, 1.165) is 0 Å². The van der Waals surface area contributed by atoms with E-state index in [9.17, 15) is 24.0 Å². The Hall–Kier alpha value is -4.21. The zero-order valence-electron chi connectivity index (χ0n) is 16.2. The minimum Gasteiger partial charge on any atom is -0.497 e. The number of ether oxygens (including phenoxy) is 1. The van der Waals surface area contributed by atoms with E-state index in [2.05, 4.69) is 10.6 Å². The third-order valence-corrected chi connectivity index (χ3v) is 4.32. The summed E-state index contributed by atoms with van der Waals surface area (Å²) in [6.45, 7) is -0.653. The Morgan fingerprint density at radius 2 is 1.70 bits per heavy atom.